The largest absolute Gasteiger partial charge is 0.354 e. The van der Waals surface area contributed by atoms with E-state index in [0.717, 1.165) is 0 Å². The monoisotopic (exact) mass is 167 g/mol. The SMILES string of the molecule is CC(=O)NCCOS(=O)O. The first-order chi connectivity index (χ1) is 4.63. The second kappa shape index (κ2) is 5.33. The quantitative estimate of drug-likeness (QED) is 0.428. The minimum atomic E-state index is -2.23. The molecule has 0 radical (unpaired) electrons. The molecule has 2 N–H and O–H groups in total. The fourth-order valence-corrected chi connectivity index (χ4v) is 0.566. The first-order valence-corrected chi connectivity index (χ1v) is 3.64. The van der Waals surface area contributed by atoms with Gasteiger partial charge in [0.25, 0.3) is 0 Å². The summed E-state index contributed by atoms with van der Waals surface area (Å²) in [5.74, 6) is -0.188. The van der Waals surface area contributed by atoms with Crippen molar-refractivity contribution in [2.45, 2.75) is 6.92 Å². The minimum Gasteiger partial charge on any atom is -0.354 e. The number of nitrogens with one attached hydrogen (secondary N) is 1. The van der Waals surface area contributed by atoms with Crippen LogP contribution in [0.25, 0.3) is 0 Å². The van der Waals surface area contributed by atoms with Gasteiger partial charge in [-0.2, -0.15) is 4.21 Å². The van der Waals surface area contributed by atoms with Gasteiger partial charge in [-0.25, -0.2) is 0 Å². The lowest BCUT2D eigenvalue weighted by molar-refractivity contribution is -0.119. The zero-order valence-electron chi connectivity index (χ0n) is 5.49. The lowest BCUT2D eigenvalue weighted by Gasteiger charge is -1.98. The molecule has 0 aromatic heterocycles. The van der Waals surface area contributed by atoms with E-state index in [0.29, 0.717) is 0 Å². The van der Waals surface area contributed by atoms with Crippen LogP contribution in [0.1, 0.15) is 6.92 Å². The molecule has 0 rings (SSSR count). The molecule has 0 aromatic carbocycles. The summed E-state index contributed by atoms with van der Waals surface area (Å²) in [5, 5.41) is 2.39. The Morgan fingerprint density at radius 1 is 1.80 bits per heavy atom. The summed E-state index contributed by atoms with van der Waals surface area (Å²) in [6.07, 6.45) is 0. The molecule has 10 heavy (non-hydrogen) atoms. The lowest BCUT2D eigenvalue weighted by Crippen LogP contribution is -2.24. The molecule has 0 aliphatic rings. The molecule has 0 spiro atoms. The van der Waals surface area contributed by atoms with Crippen molar-refractivity contribution in [2.24, 2.45) is 0 Å². The highest BCUT2D eigenvalue weighted by Gasteiger charge is 1.93. The van der Waals surface area contributed by atoms with Gasteiger partial charge in [0.1, 0.15) is 0 Å². The maximum absolute atomic E-state index is 10.2. The Balaban J connectivity index is 3.06. The van der Waals surface area contributed by atoms with Gasteiger partial charge < -0.3 is 5.32 Å². The van der Waals surface area contributed by atoms with Crippen LogP contribution >= 0.6 is 0 Å². The van der Waals surface area contributed by atoms with E-state index in [2.05, 4.69) is 9.50 Å². The van der Waals surface area contributed by atoms with E-state index in [-0.39, 0.29) is 19.1 Å². The standard InChI is InChI=1S/C4H9NO4S/c1-4(6)5-2-3-9-10(7)8/h2-3H2,1H3,(H,5,6)(H,7,8). The fourth-order valence-electron chi connectivity index (χ4n) is 0.340. The Hall–Kier alpha value is -0.460. The van der Waals surface area contributed by atoms with Gasteiger partial charge >= 0.3 is 11.4 Å². The zero-order valence-corrected chi connectivity index (χ0v) is 6.31. The molecule has 0 aliphatic heterocycles. The van der Waals surface area contributed by atoms with Crippen molar-refractivity contribution in [2.75, 3.05) is 13.2 Å². The smallest absolute Gasteiger partial charge is 0.301 e. The van der Waals surface area contributed by atoms with Gasteiger partial charge in [-0.1, -0.05) is 0 Å². The first-order valence-electron chi connectivity index (χ1n) is 2.61. The van der Waals surface area contributed by atoms with Crippen LogP contribution in [-0.2, 0) is 20.3 Å². The summed E-state index contributed by atoms with van der Waals surface area (Å²) >= 11 is -2.23. The second-order valence-electron chi connectivity index (χ2n) is 1.52. The molecule has 1 unspecified atom stereocenters. The summed E-state index contributed by atoms with van der Waals surface area (Å²) in [6, 6.07) is 0. The lowest BCUT2D eigenvalue weighted by atomic mass is 10.6. The minimum absolute atomic E-state index is 0.0443. The summed E-state index contributed by atoms with van der Waals surface area (Å²) in [4.78, 5) is 10.2. The normalized spacial score (nSPS) is 12.6. The van der Waals surface area contributed by atoms with Gasteiger partial charge in [-0.05, 0) is 0 Å². The number of hydrogen-bond acceptors (Lipinski definition) is 3. The fraction of sp³-hybridized carbons (Fsp3) is 0.750. The highest BCUT2D eigenvalue weighted by atomic mass is 32.2. The predicted octanol–water partition coefficient (Wildman–Crippen LogP) is -0.724. The summed E-state index contributed by atoms with van der Waals surface area (Å²) in [5.41, 5.74) is 0. The van der Waals surface area contributed by atoms with Crippen LogP contribution in [0, 0.1) is 0 Å². The van der Waals surface area contributed by atoms with E-state index >= 15 is 0 Å². The predicted molar refractivity (Wildman–Crippen MR) is 35.4 cm³/mol. The van der Waals surface area contributed by atoms with Gasteiger partial charge in [-0.3, -0.25) is 13.5 Å². The Labute approximate surface area is 61.2 Å². The number of carbonyl (C=O) groups excluding carboxylic acids is 1. The van der Waals surface area contributed by atoms with Crippen molar-refractivity contribution in [3.05, 3.63) is 0 Å². The van der Waals surface area contributed by atoms with Crippen LogP contribution in [0.3, 0.4) is 0 Å². The maximum Gasteiger partial charge on any atom is 0.301 e. The van der Waals surface area contributed by atoms with Crippen molar-refractivity contribution in [3.8, 4) is 0 Å². The van der Waals surface area contributed by atoms with Gasteiger partial charge in [-0.15, -0.1) is 0 Å². The number of rotatable bonds is 4. The van der Waals surface area contributed by atoms with Gasteiger partial charge in [0.05, 0.1) is 6.61 Å². The number of carbonyl (C=O) groups is 1. The topological polar surface area (TPSA) is 75.6 Å². The number of hydrogen-bond donors (Lipinski definition) is 2. The van der Waals surface area contributed by atoms with Crippen molar-refractivity contribution in [3.63, 3.8) is 0 Å². The van der Waals surface area contributed by atoms with E-state index in [1.165, 1.54) is 6.92 Å². The molecule has 1 atom stereocenters. The molecule has 0 saturated carbocycles. The molecule has 0 aromatic rings. The average Bonchev–Trinajstić information content (AvgIpc) is 1.79. The summed E-state index contributed by atoms with van der Waals surface area (Å²) in [7, 11) is 0. The highest BCUT2D eigenvalue weighted by Crippen LogP contribution is 1.75. The van der Waals surface area contributed by atoms with Crippen molar-refractivity contribution in [1.29, 1.82) is 0 Å². The average molecular weight is 167 g/mol. The van der Waals surface area contributed by atoms with Gasteiger partial charge in [0, 0.05) is 13.5 Å². The maximum atomic E-state index is 10.2. The zero-order chi connectivity index (χ0) is 7.98. The molecule has 60 valence electrons. The number of amides is 1. The van der Waals surface area contributed by atoms with Gasteiger partial charge in [0.2, 0.25) is 5.91 Å². The highest BCUT2D eigenvalue weighted by molar-refractivity contribution is 7.74. The van der Waals surface area contributed by atoms with Crippen LogP contribution in [-0.4, -0.2) is 27.8 Å². The van der Waals surface area contributed by atoms with Crippen molar-refractivity contribution < 1.29 is 17.7 Å². The molecule has 1 amide bonds. The second-order valence-corrected chi connectivity index (χ2v) is 2.19. The van der Waals surface area contributed by atoms with Crippen molar-refractivity contribution >= 4 is 17.3 Å². The third-order valence-corrected chi connectivity index (χ3v) is 1.03. The molecular formula is C4H9NO4S. The molecule has 0 bridgehead atoms. The van der Waals surface area contributed by atoms with Crippen LogP contribution < -0.4 is 5.32 Å². The molecule has 0 heterocycles. The van der Waals surface area contributed by atoms with Crippen LogP contribution in [0.4, 0.5) is 0 Å². The van der Waals surface area contributed by atoms with Crippen LogP contribution in [0.2, 0.25) is 0 Å². The van der Waals surface area contributed by atoms with E-state index in [1.54, 1.807) is 0 Å². The molecule has 0 aliphatic carbocycles. The molecular weight excluding hydrogens is 158 g/mol. The van der Waals surface area contributed by atoms with Crippen LogP contribution in [0.5, 0.6) is 0 Å². The summed E-state index contributed by atoms with van der Waals surface area (Å²) < 4.78 is 22.1. The Kier molecular flexibility index (Phi) is 5.09. The van der Waals surface area contributed by atoms with E-state index in [1.807, 2.05) is 0 Å². The Morgan fingerprint density at radius 2 is 2.40 bits per heavy atom. The third-order valence-electron chi connectivity index (χ3n) is 0.660. The molecule has 0 fully saturated rings. The summed E-state index contributed by atoms with van der Waals surface area (Å²) in [6.45, 7) is 1.65. The van der Waals surface area contributed by atoms with E-state index in [4.69, 9.17) is 4.55 Å². The Bertz CT molecular complexity index is 121. The molecule has 0 saturated heterocycles. The first kappa shape index (κ1) is 9.54. The Morgan fingerprint density at radius 3 is 2.80 bits per heavy atom. The molecule has 6 heteroatoms. The van der Waals surface area contributed by atoms with Crippen LogP contribution in [0.15, 0.2) is 0 Å². The molecule has 5 nitrogen and oxygen atoms in total. The van der Waals surface area contributed by atoms with Gasteiger partial charge in [0.15, 0.2) is 0 Å². The van der Waals surface area contributed by atoms with Crippen molar-refractivity contribution in [1.82, 2.24) is 5.32 Å². The third kappa shape index (κ3) is 7.54. The van der Waals surface area contributed by atoms with E-state index in [9.17, 15) is 9.00 Å². The van der Waals surface area contributed by atoms with E-state index < -0.39 is 11.4 Å².